The minimum absolute atomic E-state index is 0.553. The highest BCUT2D eigenvalue weighted by Crippen LogP contribution is 2.24. The zero-order valence-electron chi connectivity index (χ0n) is 12.9. The number of hydrogen-bond acceptors (Lipinski definition) is 4. The van der Waals surface area contributed by atoms with Gasteiger partial charge in [-0.25, -0.2) is 4.68 Å². The van der Waals surface area contributed by atoms with Gasteiger partial charge in [0.25, 0.3) is 0 Å². The van der Waals surface area contributed by atoms with Gasteiger partial charge in [-0.2, -0.15) is 9.90 Å². The topological polar surface area (TPSA) is 61.4 Å². The first-order chi connectivity index (χ1) is 12.2. The second-order valence-electron chi connectivity index (χ2n) is 5.33. The van der Waals surface area contributed by atoms with E-state index >= 15 is 0 Å². The van der Waals surface area contributed by atoms with E-state index in [-0.39, 0.29) is 0 Å². The molecule has 0 saturated heterocycles. The van der Waals surface area contributed by atoms with Crippen molar-refractivity contribution in [1.82, 2.24) is 30.0 Å². The Bertz CT molecular complexity index is 1010. The minimum atomic E-state index is 0.553. The van der Waals surface area contributed by atoms with Gasteiger partial charge in [-0.15, -0.1) is 10.2 Å². The van der Waals surface area contributed by atoms with E-state index in [1.807, 2.05) is 59.3 Å². The molecule has 4 aromatic rings. The molecule has 0 aliphatic rings. The molecule has 0 aliphatic carbocycles. The molecule has 0 N–H and O–H groups in total. The van der Waals surface area contributed by atoms with Gasteiger partial charge in [0, 0.05) is 4.47 Å². The second-order valence-corrected chi connectivity index (χ2v) is 7.21. The highest BCUT2D eigenvalue weighted by atomic mass is 127. The normalized spacial score (nSPS) is 11.0. The van der Waals surface area contributed by atoms with E-state index in [9.17, 15) is 0 Å². The van der Waals surface area contributed by atoms with Crippen LogP contribution in [0.1, 0.15) is 5.56 Å². The van der Waals surface area contributed by atoms with Crippen molar-refractivity contribution in [2.24, 2.45) is 0 Å². The number of para-hydroxylation sites is 1. The van der Waals surface area contributed by atoms with Crippen LogP contribution < -0.4 is 0 Å². The predicted molar refractivity (Wildman–Crippen MR) is 106 cm³/mol. The Kier molecular flexibility index (Phi) is 4.62. The van der Waals surface area contributed by atoms with E-state index in [1.54, 1.807) is 11.0 Å². The van der Waals surface area contributed by atoms with E-state index in [1.165, 1.54) is 0 Å². The smallest absolute Gasteiger partial charge is 0.209 e. The Morgan fingerprint density at radius 2 is 1.76 bits per heavy atom. The van der Waals surface area contributed by atoms with E-state index in [2.05, 4.69) is 59.0 Å². The van der Waals surface area contributed by atoms with Gasteiger partial charge in [-0.05, 0) is 51.6 Å². The molecule has 0 unspecified atom stereocenters. The SMILES string of the molecule is Brc1ccccc1Cn1nnc(-c2cnn(-c3ccccc3)c2I)n1. The van der Waals surface area contributed by atoms with E-state index in [0.29, 0.717) is 12.4 Å². The summed E-state index contributed by atoms with van der Waals surface area (Å²) in [5, 5.41) is 17.3. The van der Waals surface area contributed by atoms with Crippen molar-refractivity contribution in [3.05, 3.63) is 74.5 Å². The minimum Gasteiger partial charge on any atom is -0.227 e. The molecule has 0 amide bonds. The van der Waals surface area contributed by atoms with Crippen molar-refractivity contribution in [2.45, 2.75) is 6.54 Å². The van der Waals surface area contributed by atoms with Crippen LogP contribution in [0.2, 0.25) is 0 Å². The van der Waals surface area contributed by atoms with Crippen LogP contribution in [0.15, 0.2) is 65.3 Å². The standard InChI is InChI=1S/C17H12BrIN6/c18-15-9-5-4-6-12(15)11-24-22-17(21-23-24)14-10-20-25(16(14)19)13-7-2-1-3-8-13/h1-10H,11H2. The molecular formula is C17H12BrIN6. The third kappa shape index (κ3) is 3.36. The maximum Gasteiger partial charge on any atom is 0.209 e. The van der Waals surface area contributed by atoms with Crippen LogP contribution in [0.25, 0.3) is 17.1 Å². The summed E-state index contributed by atoms with van der Waals surface area (Å²) in [6.45, 7) is 0.553. The fourth-order valence-electron chi connectivity index (χ4n) is 2.43. The summed E-state index contributed by atoms with van der Waals surface area (Å²) in [7, 11) is 0. The average molecular weight is 507 g/mol. The molecule has 25 heavy (non-hydrogen) atoms. The van der Waals surface area contributed by atoms with Crippen molar-refractivity contribution >= 4 is 38.5 Å². The van der Waals surface area contributed by atoms with E-state index in [0.717, 1.165) is 25.0 Å². The molecule has 4 rings (SSSR count). The first kappa shape index (κ1) is 16.4. The van der Waals surface area contributed by atoms with E-state index < -0.39 is 0 Å². The molecule has 8 heteroatoms. The lowest BCUT2D eigenvalue weighted by Crippen LogP contribution is -2.04. The second kappa shape index (κ2) is 7.04. The molecule has 2 aromatic heterocycles. The average Bonchev–Trinajstić information content (AvgIpc) is 3.24. The fraction of sp³-hybridized carbons (Fsp3) is 0.0588. The molecule has 0 aliphatic heterocycles. The number of benzene rings is 2. The summed E-state index contributed by atoms with van der Waals surface area (Å²) in [4.78, 5) is 1.59. The van der Waals surface area contributed by atoms with Crippen LogP contribution in [-0.4, -0.2) is 30.0 Å². The number of nitrogens with zero attached hydrogens (tertiary/aromatic N) is 6. The van der Waals surface area contributed by atoms with Gasteiger partial charge in [0.2, 0.25) is 5.82 Å². The van der Waals surface area contributed by atoms with Crippen LogP contribution in [-0.2, 0) is 6.54 Å². The molecule has 0 atom stereocenters. The Morgan fingerprint density at radius 1 is 1.00 bits per heavy atom. The number of tetrazole rings is 1. The van der Waals surface area contributed by atoms with Gasteiger partial charge in [0.1, 0.15) is 3.70 Å². The summed E-state index contributed by atoms with van der Waals surface area (Å²) < 4.78 is 3.84. The summed E-state index contributed by atoms with van der Waals surface area (Å²) >= 11 is 5.80. The first-order valence-electron chi connectivity index (χ1n) is 7.53. The molecule has 6 nitrogen and oxygen atoms in total. The van der Waals surface area contributed by atoms with Gasteiger partial charge in [0.15, 0.2) is 0 Å². The molecule has 0 fully saturated rings. The molecule has 0 radical (unpaired) electrons. The van der Waals surface area contributed by atoms with Gasteiger partial charge < -0.3 is 0 Å². The summed E-state index contributed by atoms with van der Waals surface area (Å²) in [6.07, 6.45) is 1.77. The number of rotatable bonds is 4. The molecule has 124 valence electrons. The predicted octanol–water partition coefficient (Wildman–Crippen LogP) is 3.94. The lowest BCUT2D eigenvalue weighted by atomic mass is 10.2. The monoisotopic (exact) mass is 506 g/mol. The van der Waals surface area contributed by atoms with Crippen LogP contribution in [0, 0.1) is 3.70 Å². The van der Waals surface area contributed by atoms with Gasteiger partial charge >= 0.3 is 0 Å². The molecule has 2 heterocycles. The number of hydrogen-bond donors (Lipinski definition) is 0. The molecule has 0 saturated carbocycles. The van der Waals surface area contributed by atoms with Crippen LogP contribution in [0.4, 0.5) is 0 Å². The molecule has 0 bridgehead atoms. The largest absolute Gasteiger partial charge is 0.227 e. The van der Waals surface area contributed by atoms with E-state index in [4.69, 9.17) is 0 Å². The van der Waals surface area contributed by atoms with Crippen LogP contribution in [0.3, 0.4) is 0 Å². The first-order valence-corrected chi connectivity index (χ1v) is 9.40. The maximum absolute atomic E-state index is 4.50. The summed E-state index contributed by atoms with van der Waals surface area (Å²) in [5.74, 6) is 0.568. The lowest BCUT2D eigenvalue weighted by molar-refractivity contribution is 0.571. The Balaban J connectivity index is 1.63. The van der Waals surface area contributed by atoms with Crippen molar-refractivity contribution in [2.75, 3.05) is 0 Å². The van der Waals surface area contributed by atoms with Crippen molar-refractivity contribution in [1.29, 1.82) is 0 Å². The fourth-order valence-corrected chi connectivity index (χ4v) is 3.62. The summed E-state index contributed by atoms with van der Waals surface area (Å²) in [6, 6.07) is 18.0. The zero-order chi connectivity index (χ0) is 17.2. The van der Waals surface area contributed by atoms with Gasteiger partial charge in [0.05, 0.1) is 24.0 Å². The maximum atomic E-state index is 4.50. The van der Waals surface area contributed by atoms with Gasteiger partial charge in [-0.3, -0.25) is 0 Å². The van der Waals surface area contributed by atoms with Gasteiger partial charge in [-0.1, -0.05) is 52.3 Å². The molecule has 0 spiro atoms. The zero-order valence-corrected chi connectivity index (χ0v) is 16.7. The van der Waals surface area contributed by atoms with Crippen molar-refractivity contribution < 1.29 is 0 Å². The molecule has 2 aromatic carbocycles. The Morgan fingerprint density at radius 3 is 2.56 bits per heavy atom. The highest BCUT2D eigenvalue weighted by Gasteiger charge is 2.16. The number of aromatic nitrogens is 6. The Hall–Kier alpha value is -2.07. The third-order valence-corrected chi connectivity index (χ3v) is 5.49. The molecular weight excluding hydrogens is 495 g/mol. The summed E-state index contributed by atoms with van der Waals surface area (Å²) in [5.41, 5.74) is 2.96. The Labute approximate surface area is 166 Å². The van der Waals surface area contributed by atoms with Crippen LogP contribution in [0.5, 0.6) is 0 Å². The third-order valence-electron chi connectivity index (χ3n) is 3.67. The number of halogens is 2. The quantitative estimate of drug-likeness (QED) is 0.393. The van der Waals surface area contributed by atoms with Crippen molar-refractivity contribution in [3.8, 4) is 17.1 Å². The van der Waals surface area contributed by atoms with Crippen LogP contribution >= 0.6 is 38.5 Å². The highest BCUT2D eigenvalue weighted by molar-refractivity contribution is 14.1. The van der Waals surface area contributed by atoms with Crippen molar-refractivity contribution in [3.63, 3.8) is 0 Å². The lowest BCUT2D eigenvalue weighted by Gasteiger charge is -2.02.